The molecule has 1 fully saturated rings. The van der Waals surface area contributed by atoms with Crippen molar-refractivity contribution in [2.75, 3.05) is 18.0 Å². The Labute approximate surface area is 163 Å². The van der Waals surface area contributed by atoms with Crippen LogP contribution in [0.25, 0.3) is 0 Å². The molecule has 0 aromatic heterocycles. The van der Waals surface area contributed by atoms with Gasteiger partial charge in [-0.3, -0.25) is 0 Å². The fraction of sp³-hybridized carbons (Fsp3) is 0.455. The zero-order valence-electron chi connectivity index (χ0n) is 16.7. The van der Waals surface area contributed by atoms with E-state index >= 15 is 0 Å². The minimum absolute atomic E-state index is 0.297. The van der Waals surface area contributed by atoms with Crippen molar-refractivity contribution in [3.63, 3.8) is 0 Å². The van der Waals surface area contributed by atoms with Crippen LogP contribution in [0.4, 0.5) is 5.69 Å². The van der Waals surface area contributed by atoms with Gasteiger partial charge < -0.3 is 4.90 Å². The number of aryl methyl sites for hydroxylation is 3. The molecule has 4 nitrogen and oxygen atoms in total. The van der Waals surface area contributed by atoms with E-state index in [-0.39, 0.29) is 0 Å². The van der Waals surface area contributed by atoms with E-state index < -0.39 is 10.0 Å². The lowest BCUT2D eigenvalue weighted by atomic mass is 9.99. The predicted octanol–water partition coefficient (Wildman–Crippen LogP) is 4.33. The first-order valence-electron chi connectivity index (χ1n) is 9.67. The molecule has 0 aliphatic carbocycles. The molecule has 3 rings (SSSR count). The second-order valence-corrected chi connectivity index (χ2v) is 9.62. The Bertz CT molecular complexity index is 881. The highest BCUT2D eigenvalue weighted by molar-refractivity contribution is 7.89. The quantitative estimate of drug-likeness (QED) is 0.832. The van der Waals surface area contributed by atoms with Crippen molar-refractivity contribution in [1.29, 1.82) is 0 Å². The lowest BCUT2D eigenvalue weighted by Crippen LogP contribution is -2.34. The van der Waals surface area contributed by atoms with Gasteiger partial charge in [0.1, 0.15) is 0 Å². The van der Waals surface area contributed by atoms with Crippen molar-refractivity contribution >= 4 is 15.7 Å². The van der Waals surface area contributed by atoms with Crippen LogP contribution >= 0.6 is 0 Å². The summed E-state index contributed by atoms with van der Waals surface area (Å²) in [4.78, 5) is 2.81. The van der Waals surface area contributed by atoms with Gasteiger partial charge in [0.25, 0.3) is 0 Å². The van der Waals surface area contributed by atoms with E-state index in [1.807, 2.05) is 45.0 Å². The number of benzene rings is 2. The summed E-state index contributed by atoms with van der Waals surface area (Å²) in [6.45, 7) is 10.5. The maximum absolute atomic E-state index is 12.8. The molecule has 1 saturated heterocycles. The first-order valence-corrected chi connectivity index (χ1v) is 11.2. The monoisotopic (exact) mass is 386 g/mol. The minimum atomic E-state index is -3.53. The molecule has 2 aromatic rings. The standard InChI is InChI=1S/C22H30N2O2S/c1-16-6-5-11-24(15-16)21-9-7-20(8-10-21)14-23-27(25,26)22-18(3)12-17(2)13-19(22)4/h7-10,12-13,16,23H,5-6,11,14-15H2,1-4H3/t16-/m0/s1. The van der Waals surface area contributed by atoms with Crippen molar-refractivity contribution in [3.05, 3.63) is 58.7 Å². The van der Waals surface area contributed by atoms with Crippen LogP contribution < -0.4 is 9.62 Å². The van der Waals surface area contributed by atoms with Crippen molar-refractivity contribution in [2.24, 2.45) is 5.92 Å². The smallest absolute Gasteiger partial charge is 0.241 e. The number of piperidine rings is 1. The van der Waals surface area contributed by atoms with Gasteiger partial charge in [0.2, 0.25) is 10.0 Å². The van der Waals surface area contributed by atoms with E-state index in [2.05, 4.69) is 28.7 Å². The second-order valence-electron chi connectivity index (χ2n) is 7.91. The number of nitrogens with one attached hydrogen (secondary N) is 1. The molecule has 0 amide bonds. The number of anilines is 1. The average molecular weight is 387 g/mol. The summed E-state index contributed by atoms with van der Waals surface area (Å²) in [5.74, 6) is 0.728. The summed E-state index contributed by atoms with van der Waals surface area (Å²) in [6.07, 6.45) is 2.53. The Kier molecular flexibility index (Phi) is 5.92. The highest BCUT2D eigenvalue weighted by Crippen LogP contribution is 2.24. The lowest BCUT2D eigenvalue weighted by molar-refractivity contribution is 0.447. The number of sulfonamides is 1. The Balaban J connectivity index is 1.69. The maximum Gasteiger partial charge on any atom is 0.241 e. The molecular formula is C22H30N2O2S. The van der Waals surface area contributed by atoms with Gasteiger partial charge in [-0.15, -0.1) is 0 Å². The Morgan fingerprint density at radius 3 is 2.30 bits per heavy atom. The van der Waals surface area contributed by atoms with E-state index in [1.165, 1.54) is 18.5 Å². The molecule has 1 aliphatic heterocycles. The third kappa shape index (κ3) is 4.71. The van der Waals surface area contributed by atoms with Crippen molar-refractivity contribution in [1.82, 2.24) is 4.72 Å². The zero-order chi connectivity index (χ0) is 19.6. The number of hydrogen-bond donors (Lipinski definition) is 1. The Hall–Kier alpha value is -1.85. The average Bonchev–Trinajstić information content (AvgIpc) is 2.59. The molecule has 5 heteroatoms. The van der Waals surface area contributed by atoms with Crippen molar-refractivity contribution < 1.29 is 8.42 Å². The highest BCUT2D eigenvalue weighted by atomic mass is 32.2. The van der Waals surface area contributed by atoms with Crippen LogP contribution in [0.3, 0.4) is 0 Å². The van der Waals surface area contributed by atoms with Gasteiger partial charge >= 0.3 is 0 Å². The first kappa shape index (κ1) is 19.9. The summed E-state index contributed by atoms with van der Waals surface area (Å²) in [5.41, 5.74) is 4.84. The third-order valence-electron chi connectivity index (χ3n) is 5.30. The fourth-order valence-corrected chi connectivity index (χ4v) is 5.56. The number of hydrogen-bond acceptors (Lipinski definition) is 3. The highest BCUT2D eigenvalue weighted by Gasteiger charge is 2.20. The SMILES string of the molecule is Cc1cc(C)c(S(=O)(=O)NCc2ccc(N3CCC[C@H](C)C3)cc2)c(C)c1. The van der Waals surface area contributed by atoms with Gasteiger partial charge in [-0.1, -0.05) is 36.8 Å². The molecule has 0 saturated carbocycles. The first-order chi connectivity index (χ1) is 12.8. The molecule has 146 valence electrons. The van der Waals surface area contributed by atoms with Crippen LogP contribution in [-0.4, -0.2) is 21.5 Å². The van der Waals surface area contributed by atoms with Gasteiger partial charge in [-0.05, 0) is 68.4 Å². The van der Waals surface area contributed by atoms with Crippen LogP contribution in [-0.2, 0) is 16.6 Å². The van der Waals surface area contributed by atoms with Crippen LogP contribution in [0.1, 0.15) is 42.0 Å². The molecule has 0 bridgehead atoms. The number of nitrogens with zero attached hydrogens (tertiary/aromatic N) is 1. The van der Waals surface area contributed by atoms with E-state index in [0.717, 1.165) is 41.3 Å². The van der Waals surface area contributed by atoms with Gasteiger partial charge in [0.15, 0.2) is 0 Å². The van der Waals surface area contributed by atoms with Gasteiger partial charge in [0.05, 0.1) is 4.90 Å². The van der Waals surface area contributed by atoms with E-state index in [1.54, 1.807) is 0 Å². The van der Waals surface area contributed by atoms with Crippen molar-refractivity contribution in [2.45, 2.75) is 52.0 Å². The normalized spacial score (nSPS) is 17.9. The molecule has 0 spiro atoms. The Morgan fingerprint density at radius 2 is 1.70 bits per heavy atom. The molecule has 2 aromatic carbocycles. The molecule has 1 heterocycles. The fourth-order valence-electron chi connectivity index (χ4n) is 4.09. The molecule has 1 atom stereocenters. The number of rotatable bonds is 5. The summed E-state index contributed by atoms with van der Waals surface area (Å²) in [6, 6.07) is 12.1. The molecular weight excluding hydrogens is 356 g/mol. The summed E-state index contributed by atoms with van der Waals surface area (Å²) >= 11 is 0. The van der Waals surface area contributed by atoms with Crippen LogP contribution in [0.2, 0.25) is 0 Å². The van der Waals surface area contributed by atoms with E-state index in [0.29, 0.717) is 11.4 Å². The zero-order valence-corrected chi connectivity index (χ0v) is 17.6. The third-order valence-corrected chi connectivity index (χ3v) is 7.00. The van der Waals surface area contributed by atoms with E-state index in [4.69, 9.17) is 0 Å². The minimum Gasteiger partial charge on any atom is -0.371 e. The van der Waals surface area contributed by atoms with Gasteiger partial charge in [-0.2, -0.15) is 0 Å². The van der Waals surface area contributed by atoms with Gasteiger partial charge in [-0.25, -0.2) is 13.1 Å². The summed E-state index contributed by atoms with van der Waals surface area (Å²) in [5, 5.41) is 0. The van der Waals surface area contributed by atoms with Crippen LogP contribution in [0.15, 0.2) is 41.3 Å². The molecule has 27 heavy (non-hydrogen) atoms. The summed E-state index contributed by atoms with van der Waals surface area (Å²) < 4.78 is 28.3. The largest absolute Gasteiger partial charge is 0.371 e. The summed E-state index contributed by atoms with van der Waals surface area (Å²) in [7, 11) is -3.53. The molecule has 1 aliphatic rings. The Morgan fingerprint density at radius 1 is 1.07 bits per heavy atom. The second kappa shape index (κ2) is 8.03. The topological polar surface area (TPSA) is 49.4 Å². The lowest BCUT2D eigenvalue weighted by Gasteiger charge is -2.32. The van der Waals surface area contributed by atoms with Gasteiger partial charge in [0, 0.05) is 25.3 Å². The van der Waals surface area contributed by atoms with Crippen LogP contribution in [0, 0.1) is 26.7 Å². The maximum atomic E-state index is 12.8. The van der Waals surface area contributed by atoms with E-state index in [9.17, 15) is 8.42 Å². The molecule has 0 radical (unpaired) electrons. The van der Waals surface area contributed by atoms with Crippen LogP contribution in [0.5, 0.6) is 0 Å². The predicted molar refractivity (Wildman–Crippen MR) is 112 cm³/mol. The molecule has 0 unspecified atom stereocenters. The molecule has 1 N–H and O–H groups in total. The van der Waals surface area contributed by atoms with Crippen molar-refractivity contribution in [3.8, 4) is 0 Å².